The Morgan fingerprint density at radius 2 is 2.19 bits per heavy atom. The topological polar surface area (TPSA) is 24.1 Å². The van der Waals surface area contributed by atoms with Crippen LogP contribution in [0.25, 0.3) is 0 Å². The van der Waals surface area contributed by atoms with Gasteiger partial charge in [-0.3, -0.25) is 0 Å². The van der Waals surface area contributed by atoms with Crippen molar-refractivity contribution in [1.82, 2.24) is 10.6 Å². The lowest BCUT2D eigenvalue weighted by Crippen LogP contribution is -2.53. The molecular weight excluding hydrogens is 347 g/mol. The Morgan fingerprint density at radius 1 is 1.38 bits per heavy atom. The van der Waals surface area contributed by atoms with Crippen molar-refractivity contribution in [2.45, 2.75) is 50.1 Å². The summed E-state index contributed by atoms with van der Waals surface area (Å²) in [5.41, 5.74) is 3.04. The normalized spacial score (nSPS) is 29.3. The summed E-state index contributed by atoms with van der Waals surface area (Å²) in [5.74, 6) is -0.0616. The molecule has 1 saturated heterocycles. The molecule has 0 bridgehead atoms. The zero-order valence-electron chi connectivity index (χ0n) is 15.2. The summed E-state index contributed by atoms with van der Waals surface area (Å²) in [6.07, 6.45) is 11.0. The first kappa shape index (κ1) is 17.8. The second-order valence-corrected chi connectivity index (χ2v) is 8.35. The van der Waals surface area contributed by atoms with E-state index in [2.05, 4.69) is 42.4 Å². The second kappa shape index (κ2) is 6.86. The van der Waals surface area contributed by atoms with E-state index < -0.39 is 0 Å². The molecule has 2 N–H and O–H groups in total. The van der Waals surface area contributed by atoms with Crippen molar-refractivity contribution in [2.24, 2.45) is 5.92 Å². The largest absolute Gasteiger partial charge is 0.382 e. The van der Waals surface area contributed by atoms with Crippen LogP contribution in [0.3, 0.4) is 0 Å². The van der Waals surface area contributed by atoms with Crippen molar-refractivity contribution in [3.63, 3.8) is 0 Å². The van der Waals surface area contributed by atoms with E-state index in [9.17, 15) is 4.39 Å². The summed E-state index contributed by atoms with van der Waals surface area (Å²) in [6, 6.07) is 5.60. The van der Waals surface area contributed by atoms with Crippen LogP contribution in [0, 0.1) is 11.7 Å². The molecule has 4 rings (SSSR count). The van der Waals surface area contributed by atoms with Crippen LogP contribution < -0.4 is 10.6 Å². The van der Waals surface area contributed by atoms with Gasteiger partial charge in [0.1, 0.15) is 5.82 Å². The van der Waals surface area contributed by atoms with Gasteiger partial charge in [-0.15, -0.1) is 0 Å². The highest BCUT2D eigenvalue weighted by atomic mass is 35.5. The molecule has 2 nitrogen and oxygen atoms in total. The van der Waals surface area contributed by atoms with E-state index in [1.54, 1.807) is 6.07 Å². The standard InChI is InChI=1S/C22H26ClFN2/c1-14-6-3-7-16(12-14)26-15(2)20-18(13-25-22(20)10-5-11-22)17-8-4-9-19(23)21(17)24/h3-4,6,8-9,12,16,18,20,25-26H,2,5,7,10-11,13H2,1H3. The van der Waals surface area contributed by atoms with E-state index in [-0.39, 0.29) is 34.3 Å². The molecule has 1 spiro atoms. The minimum Gasteiger partial charge on any atom is -0.382 e. The van der Waals surface area contributed by atoms with Gasteiger partial charge in [-0.1, -0.05) is 54.1 Å². The fourth-order valence-corrected chi connectivity index (χ4v) is 5.10. The van der Waals surface area contributed by atoms with Crippen LogP contribution in [-0.4, -0.2) is 18.1 Å². The lowest BCUT2D eigenvalue weighted by Gasteiger charge is -2.46. The highest BCUT2D eigenvalue weighted by Gasteiger charge is 2.53. The van der Waals surface area contributed by atoms with Crippen molar-refractivity contribution >= 4 is 11.6 Å². The zero-order chi connectivity index (χ0) is 18.3. The van der Waals surface area contributed by atoms with Gasteiger partial charge < -0.3 is 10.6 Å². The SMILES string of the molecule is C=C(NC1C=C(C)C=CC1)C1C(c2cccc(Cl)c2F)CNC12CCC2. The summed E-state index contributed by atoms with van der Waals surface area (Å²) < 4.78 is 14.7. The highest BCUT2D eigenvalue weighted by molar-refractivity contribution is 6.30. The third kappa shape index (κ3) is 3.01. The second-order valence-electron chi connectivity index (χ2n) is 7.94. The summed E-state index contributed by atoms with van der Waals surface area (Å²) >= 11 is 6.06. The Hall–Kier alpha value is -1.58. The third-order valence-corrected chi connectivity index (χ3v) is 6.57. The molecule has 1 aromatic rings. The molecular formula is C22H26ClFN2. The number of benzene rings is 1. The van der Waals surface area contributed by atoms with Gasteiger partial charge in [0.15, 0.2) is 0 Å². The van der Waals surface area contributed by atoms with Crippen LogP contribution in [0.2, 0.25) is 5.02 Å². The van der Waals surface area contributed by atoms with Gasteiger partial charge in [-0.2, -0.15) is 0 Å². The molecule has 0 radical (unpaired) electrons. The number of allylic oxidation sites excluding steroid dienone is 2. The molecule has 3 unspecified atom stereocenters. The average molecular weight is 373 g/mol. The Balaban J connectivity index is 1.62. The van der Waals surface area contributed by atoms with Crippen LogP contribution in [0.1, 0.15) is 44.1 Å². The van der Waals surface area contributed by atoms with E-state index >= 15 is 0 Å². The molecule has 3 aliphatic rings. The molecule has 0 amide bonds. The number of nitrogens with one attached hydrogen (secondary N) is 2. The first-order valence-corrected chi connectivity index (χ1v) is 9.87. The van der Waals surface area contributed by atoms with E-state index in [0.717, 1.165) is 31.5 Å². The summed E-state index contributed by atoms with van der Waals surface area (Å²) in [7, 11) is 0. The Labute approximate surface area is 160 Å². The quantitative estimate of drug-likeness (QED) is 0.769. The third-order valence-electron chi connectivity index (χ3n) is 6.28. The Kier molecular flexibility index (Phi) is 4.70. The number of hydrogen-bond acceptors (Lipinski definition) is 2. The smallest absolute Gasteiger partial charge is 0.145 e. The van der Waals surface area contributed by atoms with E-state index in [4.69, 9.17) is 11.6 Å². The number of hydrogen-bond donors (Lipinski definition) is 2. The minimum absolute atomic E-state index is 0.0484. The fourth-order valence-electron chi connectivity index (χ4n) is 4.91. The first-order chi connectivity index (χ1) is 12.5. The summed E-state index contributed by atoms with van der Waals surface area (Å²) in [4.78, 5) is 0. The molecule has 1 heterocycles. The monoisotopic (exact) mass is 372 g/mol. The molecule has 2 fully saturated rings. The lowest BCUT2D eigenvalue weighted by molar-refractivity contribution is 0.160. The molecule has 1 aromatic carbocycles. The Bertz CT molecular complexity index is 778. The highest BCUT2D eigenvalue weighted by Crippen LogP contribution is 2.51. The number of rotatable bonds is 4. The van der Waals surface area contributed by atoms with Gasteiger partial charge >= 0.3 is 0 Å². The van der Waals surface area contributed by atoms with Crippen molar-refractivity contribution in [2.75, 3.05) is 6.54 Å². The molecule has 26 heavy (non-hydrogen) atoms. The van der Waals surface area contributed by atoms with Crippen LogP contribution in [0.5, 0.6) is 0 Å². The van der Waals surface area contributed by atoms with Crippen LogP contribution in [0.4, 0.5) is 4.39 Å². The van der Waals surface area contributed by atoms with Gasteiger partial charge in [0, 0.05) is 35.7 Å². The molecule has 0 aromatic heterocycles. The van der Waals surface area contributed by atoms with Gasteiger partial charge in [-0.05, 0) is 44.2 Å². The van der Waals surface area contributed by atoms with Crippen molar-refractivity contribution < 1.29 is 4.39 Å². The molecule has 1 saturated carbocycles. The summed E-state index contributed by atoms with van der Waals surface area (Å²) in [5, 5.41) is 7.53. The molecule has 2 aliphatic carbocycles. The lowest BCUT2D eigenvalue weighted by atomic mass is 9.65. The van der Waals surface area contributed by atoms with Crippen molar-refractivity contribution in [3.05, 3.63) is 70.7 Å². The van der Waals surface area contributed by atoms with Crippen LogP contribution >= 0.6 is 11.6 Å². The fraction of sp³-hybridized carbons (Fsp3) is 0.455. The number of halogens is 2. The van der Waals surface area contributed by atoms with E-state index in [1.165, 1.54) is 12.0 Å². The van der Waals surface area contributed by atoms with E-state index in [0.29, 0.717) is 5.56 Å². The van der Waals surface area contributed by atoms with Gasteiger partial charge in [0.05, 0.1) is 5.02 Å². The predicted molar refractivity (Wildman–Crippen MR) is 106 cm³/mol. The maximum atomic E-state index is 14.7. The van der Waals surface area contributed by atoms with Gasteiger partial charge in [0.2, 0.25) is 0 Å². The maximum absolute atomic E-state index is 14.7. The van der Waals surface area contributed by atoms with Gasteiger partial charge in [0.25, 0.3) is 0 Å². The maximum Gasteiger partial charge on any atom is 0.145 e. The minimum atomic E-state index is -0.286. The molecule has 4 heteroatoms. The summed E-state index contributed by atoms with van der Waals surface area (Å²) in [6.45, 7) is 7.28. The average Bonchev–Trinajstić information content (AvgIpc) is 2.98. The van der Waals surface area contributed by atoms with Crippen molar-refractivity contribution in [3.8, 4) is 0 Å². The zero-order valence-corrected chi connectivity index (χ0v) is 16.0. The first-order valence-electron chi connectivity index (χ1n) is 9.49. The predicted octanol–water partition coefficient (Wildman–Crippen LogP) is 5.08. The molecule has 3 atom stereocenters. The van der Waals surface area contributed by atoms with Crippen LogP contribution in [0.15, 0.2) is 54.3 Å². The molecule has 138 valence electrons. The van der Waals surface area contributed by atoms with E-state index in [1.807, 2.05) is 12.1 Å². The van der Waals surface area contributed by atoms with Crippen molar-refractivity contribution in [1.29, 1.82) is 0 Å². The Morgan fingerprint density at radius 3 is 2.88 bits per heavy atom. The van der Waals surface area contributed by atoms with Crippen LogP contribution in [-0.2, 0) is 0 Å². The molecule has 1 aliphatic heterocycles. The van der Waals surface area contributed by atoms with Gasteiger partial charge in [-0.25, -0.2) is 4.39 Å².